The Kier molecular flexibility index (Phi) is 4.10. The van der Waals surface area contributed by atoms with E-state index in [-0.39, 0.29) is 5.78 Å². The molecule has 1 aliphatic carbocycles. The van der Waals surface area contributed by atoms with E-state index in [9.17, 15) is 4.79 Å². The Bertz CT molecular complexity index is 468. The third kappa shape index (κ3) is 2.74. The molecule has 0 N–H and O–H groups in total. The summed E-state index contributed by atoms with van der Waals surface area (Å²) in [6, 6.07) is 6.03. The molecule has 1 aromatic rings. The molecule has 0 saturated heterocycles. The van der Waals surface area contributed by atoms with Crippen LogP contribution in [0.1, 0.15) is 54.1 Å². The number of carbonyl (C=O) groups excluding carboxylic acids is 1. The Morgan fingerprint density at radius 3 is 2.42 bits per heavy atom. The van der Waals surface area contributed by atoms with Gasteiger partial charge in [0.15, 0.2) is 5.78 Å². The van der Waals surface area contributed by atoms with Crippen LogP contribution in [0.5, 0.6) is 0 Å². The molecule has 0 bridgehead atoms. The minimum atomic E-state index is -0.591. The molecule has 1 aromatic carbocycles. The van der Waals surface area contributed by atoms with E-state index in [4.69, 9.17) is 4.74 Å². The number of methoxy groups -OCH3 is 1. The molecule has 104 valence electrons. The number of aryl methyl sites for hydroxylation is 2. The molecule has 2 rings (SSSR count). The largest absolute Gasteiger partial charge is 0.370 e. The maximum Gasteiger partial charge on any atom is 0.194 e. The first-order valence-corrected chi connectivity index (χ1v) is 7.16. The van der Waals surface area contributed by atoms with E-state index < -0.39 is 5.60 Å². The van der Waals surface area contributed by atoms with Crippen molar-refractivity contribution in [1.29, 1.82) is 0 Å². The second-order valence-corrected chi connectivity index (χ2v) is 6.03. The molecule has 1 fully saturated rings. The Labute approximate surface area is 116 Å². The van der Waals surface area contributed by atoms with Gasteiger partial charge in [0.1, 0.15) is 5.60 Å². The number of rotatable bonds is 3. The summed E-state index contributed by atoms with van der Waals surface area (Å²) in [5, 5.41) is 0. The van der Waals surface area contributed by atoms with Crippen LogP contribution in [0.4, 0.5) is 0 Å². The summed E-state index contributed by atoms with van der Waals surface area (Å²) in [5.41, 5.74) is 2.48. The lowest BCUT2D eigenvalue weighted by Crippen LogP contribution is -2.44. The minimum Gasteiger partial charge on any atom is -0.370 e. The van der Waals surface area contributed by atoms with Crippen LogP contribution < -0.4 is 0 Å². The molecule has 0 aromatic heterocycles. The zero-order chi connectivity index (χ0) is 14.0. The Morgan fingerprint density at radius 2 is 1.89 bits per heavy atom. The summed E-state index contributed by atoms with van der Waals surface area (Å²) in [4.78, 5) is 12.9. The maximum absolute atomic E-state index is 12.9. The summed E-state index contributed by atoms with van der Waals surface area (Å²) >= 11 is 0. The van der Waals surface area contributed by atoms with Gasteiger partial charge in [-0.15, -0.1) is 0 Å². The highest BCUT2D eigenvalue weighted by Gasteiger charge is 2.41. The van der Waals surface area contributed by atoms with Crippen LogP contribution in [0.2, 0.25) is 0 Å². The second kappa shape index (κ2) is 5.46. The lowest BCUT2D eigenvalue weighted by molar-refractivity contribution is -0.0263. The van der Waals surface area contributed by atoms with E-state index in [0.29, 0.717) is 5.92 Å². The zero-order valence-electron chi connectivity index (χ0n) is 12.5. The fourth-order valence-electron chi connectivity index (χ4n) is 3.07. The highest BCUT2D eigenvalue weighted by molar-refractivity contribution is 6.03. The monoisotopic (exact) mass is 260 g/mol. The Morgan fingerprint density at radius 1 is 1.26 bits per heavy atom. The van der Waals surface area contributed by atoms with E-state index in [0.717, 1.165) is 36.8 Å². The third-order valence-electron chi connectivity index (χ3n) is 4.51. The number of ketones is 1. The number of hydrogen-bond acceptors (Lipinski definition) is 2. The molecular formula is C17H24O2. The van der Waals surface area contributed by atoms with Crippen molar-refractivity contribution in [2.45, 2.75) is 52.1 Å². The zero-order valence-corrected chi connectivity index (χ0v) is 12.5. The van der Waals surface area contributed by atoms with Crippen LogP contribution >= 0.6 is 0 Å². The standard InChI is InChI=1S/C17H24O2/c1-12-7-9-17(19-4,10-8-12)16(18)15-6-5-13(2)11-14(15)3/h5-6,11-12H,7-10H2,1-4H3. The Balaban J connectivity index is 2.30. The number of hydrogen-bond donors (Lipinski definition) is 0. The van der Waals surface area contributed by atoms with Crippen molar-refractivity contribution in [3.63, 3.8) is 0 Å². The summed E-state index contributed by atoms with van der Waals surface area (Å²) < 4.78 is 5.68. The van der Waals surface area contributed by atoms with Crippen LogP contribution in [0.3, 0.4) is 0 Å². The number of carbonyl (C=O) groups is 1. The van der Waals surface area contributed by atoms with Gasteiger partial charge in [0.25, 0.3) is 0 Å². The van der Waals surface area contributed by atoms with Crippen LogP contribution in [0.15, 0.2) is 18.2 Å². The van der Waals surface area contributed by atoms with Gasteiger partial charge in [-0.3, -0.25) is 4.79 Å². The van der Waals surface area contributed by atoms with Crippen LogP contribution in [-0.4, -0.2) is 18.5 Å². The molecule has 19 heavy (non-hydrogen) atoms. The van der Waals surface area contributed by atoms with E-state index >= 15 is 0 Å². The molecule has 0 radical (unpaired) electrons. The molecule has 0 amide bonds. The molecule has 1 aliphatic rings. The first-order valence-electron chi connectivity index (χ1n) is 7.16. The predicted molar refractivity (Wildman–Crippen MR) is 77.6 cm³/mol. The van der Waals surface area contributed by atoms with Gasteiger partial charge in [-0.1, -0.05) is 30.7 Å². The average Bonchev–Trinajstić information content (AvgIpc) is 2.39. The van der Waals surface area contributed by atoms with Gasteiger partial charge in [-0.2, -0.15) is 0 Å². The van der Waals surface area contributed by atoms with Crippen molar-refractivity contribution in [3.8, 4) is 0 Å². The van der Waals surface area contributed by atoms with Gasteiger partial charge in [-0.05, 0) is 51.0 Å². The van der Waals surface area contributed by atoms with Crippen molar-refractivity contribution in [2.75, 3.05) is 7.11 Å². The fraction of sp³-hybridized carbons (Fsp3) is 0.588. The van der Waals surface area contributed by atoms with Gasteiger partial charge in [0, 0.05) is 12.7 Å². The minimum absolute atomic E-state index is 0.166. The summed E-state index contributed by atoms with van der Waals surface area (Å²) in [5.74, 6) is 0.870. The van der Waals surface area contributed by atoms with Crippen LogP contribution in [0.25, 0.3) is 0 Å². The number of ether oxygens (including phenoxy) is 1. The van der Waals surface area contributed by atoms with Gasteiger partial charge >= 0.3 is 0 Å². The highest BCUT2D eigenvalue weighted by Crippen LogP contribution is 2.37. The van der Waals surface area contributed by atoms with Crippen LogP contribution in [0, 0.1) is 19.8 Å². The van der Waals surface area contributed by atoms with Crippen LogP contribution in [-0.2, 0) is 4.74 Å². The van der Waals surface area contributed by atoms with Gasteiger partial charge < -0.3 is 4.74 Å². The van der Waals surface area contributed by atoms with E-state index in [1.807, 2.05) is 19.1 Å². The van der Waals surface area contributed by atoms with Crippen molar-refractivity contribution in [1.82, 2.24) is 0 Å². The number of benzene rings is 1. The molecule has 0 aliphatic heterocycles. The summed E-state index contributed by atoms with van der Waals surface area (Å²) in [6.07, 6.45) is 3.84. The number of Topliss-reactive ketones (excluding diaryl/α,β-unsaturated/α-hetero) is 1. The van der Waals surface area contributed by atoms with Gasteiger partial charge in [0.05, 0.1) is 0 Å². The molecule has 0 atom stereocenters. The lowest BCUT2D eigenvalue weighted by Gasteiger charge is -2.37. The first-order chi connectivity index (χ1) is 8.98. The lowest BCUT2D eigenvalue weighted by atomic mass is 9.75. The fourth-order valence-corrected chi connectivity index (χ4v) is 3.07. The molecule has 0 heterocycles. The quantitative estimate of drug-likeness (QED) is 0.765. The molecule has 2 heteroatoms. The van der Waals surface area contributed by atoms with Crippen molar-refractivity contribution in [3.05, 3.63) is 34.9 Å². The molecular weight excluding hydrogens is 236 g/mol. The molecule has 1 saturated carbocycles. The second-order valence-electron chi connectivity index (χ2n) is 6.03. The topological polar surface area (TPSA) is 26.3 Å². The highest BCUT2D eigenvalue weighted by atomic mass is 16.5. The summed E-state index contributed by atoms with van der Waals surface area (Å²) in [6.45, 7) is 6.31. The van der Waals surface area contributed by atoms with E-state index in [1.54, 1.807) is 7.11 Å². The average molecular weight is 260 g/mol. The van der Waals surface area contributed by atoms with Crippen molar-refractivity contribution >= 4 is 5.78 Å². The van der Waals surface area contributed by atoms with Gasteiger partial charge in [0.2, 0.25) is 0 Å². The first kappa shape index (κ1) is 14.3. The normalized spacial score (nSPS) is 27.3. The van der Waals surface area contributed by atoms with Crippen molar-refractivity contribution < 1.29 is 9.53 Å². The smallest absolute Gasteiger partial charge is 0.194 e. The SMILES string of the molecule is COC1(C(=O)c2ccc(C)cc2C)CCC(C)CC1. The van der Waals surface area contributed by atoms with E-state index in [1.165, 1.54) is 5.56 Å². The van der Waals surface area contributed by atoms with Crippen molar-refractivity contribution in [2.24, 2.45) is 5.92 Å². The Hall–Kier alpha value is -1.15. The molecule has 2 nitrogen and oxygen atoms in total. The summed E-state index contributed by atoms with van der Waals surface area (Å²) in [7, 11) is 1.68. The third-order valence-corrected chi connectivity index (χ3v) is 4.51. The maximum atomic E-state index is 12.9. The van der Waals surface area contributed by atoms with E-state index in [2.05, 4.69) is 19.9 Å². The predicted octanol–water partition coefficient (Wildman–Crippen LogP) is 4.08. The van der Waals surface area contributed by atoms with Gasteiger partial charge in [-0.25, -0.2) is 0 Å². The molecule has 0 unspecified atom stereocenters. The molecule has 0 spiro atoms.